The van der Waals surface area contributed by atoms with Crippen molar-refractivity contribution in [1.29, 1.82) is 0 Å². The van der Waals surface area contributed by atoms with Crippen LogP contribution in [-0.4, -0.2) is 16.1 Å². The molecule has 0 amide bonds. The van der Waals surface area contributed by atoms with Gasteiger partial charge in [-0.05, 0) is 18.9 Å². The zero-order valence-electron chi connectivity index (χ0n) is 11.3. The minimum absolute atomic E-state index is 0.294. The largest absolute Gasteiger partial charge is 0.328 e. The first-order chi connectivity index (χ1) is 8.63. The molecule has 2 aromatic rings. The van der Waals surface area contributed by atoms with Gasteiger partial charge in [0, 0.05) is 18.2 Å². The molecule has 1 atom stereocenters. The fourth-order valence-corrected chi connectivity index (χ4v) is 2.30. The van der Waals surface area contributed by atoms with Gasteiger partial charge in [0.25, 0.3) is 0 Å². The quantitative estimate of drug-likeness (QED) is 0.897. The molecule has 1 heterocycles. The van der Waals surface area contributed by atoms with Crippen molar-refractivity contribution in [3.8, 4) is 11.3 Å². The van der Waals surface area contributed by atoms with Crippen LogP contribution in [0.2, 0.25) is 0 Å². The van der Waals surface area contributed by atoms with E-state index in [9.17, 15) is 0 Å². The summed E-state index contributed by atoms with van der Waals surface area (Å²) < 4.78 is 2.19. The molecule has 2 rings (SSSR count). The molecule has 0 bridgehead atoms. The SMILES string of the molecule is Cc1cccc(-c2cncn2C(CN)C(C)C)c1. The van der Waals surface area contributed by atoms with Crippen LogP contribution >= 0.6 is 0 Å². The number of nitrogens with two attached hydrogens (primary N) is 1. The number of aromatic nitrogens is 2. The number of nitrogens with zero attached hydrogens (tertiary/aromatic N) is 2. The maximum atomic E-state index is 5.89. The van der Waals surface area contributed by atoms with Crippen LogP contribution in [0.1, 0.15) is 25.5 Å². The predicted octanol–water partition coefficient (Wildman–Crippen LogP) is 3.01. The lowest BCUT2D eigenvalue weighted by Crippen LogP contribution is -2.24. The summed E-state index contributed by atoms with van der Waals surface area (Å²) in [6.45, 7) is 7.12. The number of hydrogen-bond donors (Lipinski definition) is 1. The van der Waals surface area contributed by atoms with Gasteiger partial charge in [0.2, 0.25) is 0 Å². The molecule has 0 saturated carbocycles. The number of imidazole rings is 1. The number of rotatable bonds is 4. The van der Waals surface area contributed by atoms with Crippen LogP contribution in [0, 0.1) is 12.8 Å². The van der Waals surface area contributed by atoms with Crippen molar-refractivity contribution in [1.82, 2.24) is 9.55 Å². The molecule has 0 saturated heterocycles. The second kappa shape index (κ2) is 5.36. The number of benzene rings is 1. The molecule has 1 unspecified atom stereocenters. The molecule has 0 radical (unpaired) electrons. The van der Waals surface area contributed by atoms with Crippen molar-refractivity contribution in [2.75, 3.05) is 6.54 Å². The minimum atomic E-state index is 0.294. The Morgan fingerprint density at radius 3 is 2.72 bits per heavy atom. The molecular formula is C15H21N3. The van der Waals surface area contributed by atoms with Crippen molar-refractivity contribution in [3.05, 3.63) is 42.4 Å². The van der Waals surface area contributed by atoms with Gasteiger partial charge < -0.3 is 10.3 Å². The van der Waals surface area contributed by atoms with Crippen molar-refractivity contribution < 1.29 is 0 Å². The highest BCUT2D eigenvalue weighted by molar-refractivity contribution is 5.60. The van der Waals surface area contributed by atoms with Crippen LogP contribution in [0.5, 0.6) is 0 Å². The highest BCUT2D eigenvalue weighted by Crippen LogP contribution is 2.26. The summed E-state index contributed by atoms with van der Waals surface area (Å²) in [5.41, 5.74) is 9.49. The Kier molecular flexibility index (Phi) is 3.82. The fourth-order valence-electron chi connectivity index (χ4n) is 2.30. The summed E-state index contributed by atoms with van der Waals surface area (Å²) in [5, 5.41) is 0. The van der Waals surface area contributed by atoms with Gasteiger partial charge in [0.1, 0.15) is 0 Å². The van der Waals surface area contributed by atoms with E-state index >= 15 is 0 Å². The summed E-state index contributed by atoms with van der Waals surface area (Å²) in [7, 11) is 0. The Bertz CT molecular complexity index is 514. The highest BCUT2D eigenvalue weighted by Gasteiger charge is 2.17. The van der Waals surface area contributed by atoms with Gasteiger partial charge in [-0.15, -0.1) is 0 Å². The molecule has 1 aromatic carbocycles. The zero-order valence-corrected chi connectivity index (χ0v) is 11.3. The van der Waals surface area contributed by atoms with E-state index in [0.717, 1.165) is 5.69 Å². The second-order valence-electron chi connectivity index (χ2n) is 5.10. The van der Waals surface area contributed by atoms with Gasteiger partial charge in [0.05, 0.1) is 18.2 Å². The number of aryl methyl sites for hydroxylation is 1. The molecule has 18 heavy (non-hydrogen) atoms. The average molecular weight is 243 g/mol. The van der Waals surface area contributed by atoms with Gasteiger partial charge in [0.15, 0.2) is 0 Å². The Balaban J connectivity index is 2.44. The smallest absolute Gasteiger partial charge is 0.0954 e. The lowest BCUT2D eigenvalue weighted by Gasteiger charge is -2.23. The highest BCUT2D eigenvalue weighted by atomic mass is 15.1. The molecule has 3 heteroatoms. The van der Waals surface area contributed by atoms with Crippen molar-refractivity contribution in [3.63, 3.8) is 0 Å². The maximum absolute atomic E-state index is 5.89. The summed E-state index contributed by atoms with van der Waals surface area (Å²) in [4.78, 5) is 4.29. The predicted molar refractivity (Wildman–Crippen MR) is 75.3 cm³/mol. The Labute approximate surface area is 109 Å². The third-order valence-electron chi connectivity index (χ3n) is 3.35. The van der Waals surface area contributed by atoms with Crippen LogP contribution in [0.25, 0.3) is 11.3 Å². The Morgan fingerprint density at radius 1 is 1.33 bits per heavy atom. The standard InChI is InChI=1S/C15H21N3/c1-11(2)14(8-16)18-10-17-9-15(18)13-6-4-5-12(3)7-13/h4-7,9-11,14H,8,16H2,1-3H3. The van der Waals surface area contributed by atoms with Crippen LogP contribution in [0.3, 0.4) is 0 Å². The third kappa shape index (κ3) is 2.46. The van der Waals surface area contributed by atoms with Crippen LogP contribution < -0.4 is 5.73 Å². The molecule has 0 aliphatic carbocycles. The molecule has 0 aliphatic heterocycles. The summed E-state index contributed by atoms with van der Waals surface area (Å²) >= 11 is 0. The van der Waals surface area contributed by atoms with Crippen molar-refractivity contribution in [2.45, 2.75) is 26.8 Å². The lowest BCUT2D eigenvalue weighted by atomic mass is 10.0. The first-order valence-electron chi connectivity index (χ1n) is 6.42. The van der Waals surface area contributed by atoms with E-state index in [1.165, 1.54) is 11.1 Å². The molecule has 0 aliphatic rings. The van der Waals surface area contributed by atoms with E-state index < -0.39 is 0 Å². The van der Waals surface area contributed by atoms with Crippen LogP contribution in [0.15, 0.2) is 36.8 Å². The minimum Gasteiger partial charge on any atom is -0.328 e. The monoisotopic (exact) mass is 243 g/mol. The van der Waals surface area contributed by atoms with Gasteiger partial charge in [-0.3, -0.25) is 0 Å². The van der Waals surface area contributed by atoms with Gasteiger partial charge in [-0.2, -0.15) is 0 Å². The first-order valence-corrected chi connectivity index (χ1v) is 6.42. The van der Waals surface area contributed by atoms with E-state index in [1.54, 1.807) is 0 Å². The zero-order chi connectivity index (χ0) is 13.1. The third-order valence-corrected chi connectivity index (χ3v) is 3.35. The van der Waals surface area contributed by atoms with Gasteiger partial charge >= 0.3 is 0 Å². The fraction of sp³-hybridized carbons (Fsp3) is 0.400. The van der Waals surface area contributed by atoms with E-state index in [0.29, 0.717) is 18.5 Å². The van der Waals surface area contributed by atoms with Gasteiger partial charge in [-0.25, -0.2) is 4.98 Å². The summed E-state index contributed by atoms with van der Waals surface area (Å²) in [6, 6.07) is 8.78. The normalized spacial score (nSPS) is 12.9. The molecule has 3 nitrogen and oxygen atoms in total. The molecule has 2 N–H and O–H groups in total. The number of hydrogen-bond acceptors (Lipinski definition) is 2. The topological polar surface area (TPSA) is 43.8 Å². The van der Waals surface area contributed by atoms with Gasteiger partial charge in [-0.1, -0.05) is 37.6 Å². The average Bonchev–Trinajstić information content (AvgIpc) is 2.78. The van der Waals surface area contributed by atoms with E-state index in [4.69, 9.17) is 5.73 Å². The van der Waals surface area contributed by atoms with E-state index in [1.807, 2.05) is 12.5 Å². The summed E-state index contributed by atoms with van der Waals surface area (Å²) in [6.07, 6.45) is 3.80. The van der Waals surface area contributed by atoms with Crippen LogP contribution in [-0.2, 0) is 0 Å². The Hall–Kier alpha value is -1.61. The molecule has 0 spiro atoms. The second-order valence-corrected chi connectivity index (χ2v) is 5.10. The van der Waals surface area contributed by atoms with Crippen LogP contribution in [0.4, 0.5) is 0 Å². The first kappa shape index (κ1) is 12.8. The molecular weight excluding hydrogens is 222 g/mol. The molecule has 0 fully saturated rings. The lowest BCUT2D eigenvalue weighted by molar-refractivity contribution is 0.387. The Morgan fingerprint density at radius 2 is 2.11 bits per heavy atom. The van der Waals surface area contributed by atoms with E-state index in [-0.39, 0.29) is 0 Å². The maximum Gasteiger partial charge on any atom is 0.0954 e. The molecule has 96 valence electrons. The van der Waals surface area contributed by atoms with Crippen molar-refractivity contribution in [2.24, 2.45) is 11.7 Å². The van der Waals surface area contributed by atoms with Crippen molar-refractivity contribution >= 4 is 0 Å². The molecule has 1 aromatic heterocycles. The van der Waals surface area contributed by atoms with E-state index in [2.05, 4.69) is 54.6 Å². The summed E-state index contributed by atoms with van der Waals surface area (Å²) in [5.74, 6) is 0.493.